The van der Waals surface area contributed by atoms with Crippen LogP contribution in [0.5, 0.6) is 0 Å². The zero-order valence-corrected chi connectivity index (χ0v) is 12.7. The molecule has 0 spiro atoms. The molecule has 2 nitrogen and oxygen atoms in total. The zero-order valence-electron chi connectivity index (χ0n) is 11.1. The van der Waals surface area contributed by atoms with Crippen molar-refractivity contribution < 1.29 is 0 Å². The molecule has 0 radical (unpaired) electrons. The summed E-state index contributed by atoms with van der Waals surface area (Å²) < 4.78 is 1.29. The van der Waals surface area contributed by atoms with E-state index in [9.17, 15) is 0 Å². The molecule has 4 heteroatoms. The fourth-order valence-corrected chi connectivity index (χ4v) is 3.59. The van der Waals surface area contributed by atoms with Crippen molar-refractivity contribution in [3.63, 3.8) is 0 Å². The predicted octanol–water partition coefficient (Wildman–Crippen LogP) is 4.65. The second-order valence-corrected chi connectivity index (χ2v) is 5.87. The Morgan fingerprint density at radius 3 is 2.95 bits per heavy atom. The molecule has 0 saturated heterocycles. The van der Waals surface area contributed by atoms with Crippen molar-refractivity contribution in [3.05, 3.63) is 64.3 Å². The third-order valence-electron chi connectivity index (χ3n) is 3.29. The van der Waals surface area contributed by atoms with E-state index in [1.54, 1.807) is 17.5 Å². The Bertz CT molecular complexity index is 723. The van der Waals surface area contributed by atoms with Gasteiger partial charge < -0.3 is 5.32 Å². The molecule has 0 aliphatic rings. The van der Waals surface area contributed by atoms with E-state index in [-0.39, 0.29) is 6.04 Å². The summed E-state index contributed by atoms with van der Waals surface area (Å²) in [6.45, 7) is 2.96. The average molecular weight is 303 g/mol. The Morgan fingerprint density at radius 1 is 1.25 bits per heavy atom. The summed E-state index contributed by atoms with van der Waals surface area (Å²) in [5.74, 6) is 0. The maximum Gasteiger partial charge on any atom is 0.0804 e. The summed E-state index contributed by atoms with van der Waals surface area (Å²) in [4.78, 5) is 4.47. The lowest BCUT2D eigenvalue weighted by molar-refractivity contribution is 0.620. The van der Waals surface area contributed by atoms with Crippen molar-refractivity contribution in [3.8, 4) is 0 Å². The van der Waals surface area contributed by atoms with Gasteiger partial charge in [-0.3, -0.25) is 4.98 Å². The Hall–Kier alpha value is -1.42. The Morgan fingerprint density at radius 2 is 2.15 bits per heavy atom. The van der Waals surface area contributed by atoms with Crippen molar-refractivity contribution in [1.29, 1.82) is 0 Å². The molecule has 1 atom stereocenters. The molecule has 102 valence electrons. The number of nitrogens with zero attached hydrogens (tertiary/aromatic N) is 1. The van der Waals surface area contributed by atoms with Crippen LogP contribution in [0.3, 0.4) is 0 Å². The van der Waals surface area contributed by atoms with E-state index in [4.69, 9.17) is 11.6 Å². The molecular formula is C16H15ClN2S. The first kappa shape index (κ1) is 13.6. The van der Waals surface area contributed by atoms with Crippen LogP contribution in [0.1, 0.15) is 24.2 Å². The molecule has 0 bridgehead atoms. The van der Waals surface area contributed by atoms with Crippen LogP contribution < -0.4 is 5.32 Å². The Labute approximate surface area is 127 Å². The monoisotopic (exact) mass is 302 g/mol. The molecule has 1 N–H and O–H groups in total. The first-order chi connectivity index (χ1) is 9.81. The quantitative estimate of drug-likeness (QED) is 0.759. The van der Waals surface area contributed by atoms with Crippen molar-refractivity contribution in [2.45, 2.75) is 13.0 Å². The summed E-state index contributed by atoms with van der Waals surface area (Å²) in [6.07, 6.45) is 1.79. The Balaban J connectivity index is 2.16. The molecule has 3 aromatic rings. The minimum Gasteiger partial charge on any atom is -0.305 e. The number of thiophene rings is 1. The summed E-state index contributed by atoms with van der Waals surface area (Å²) in [5.41, 5.74) is 2.12. The van der Waals surface area contributed by atoms with Gasteiger partial charge in [-0.15, -0.1) is 11.3 Å². The topological polar surface area (TPSA) is 24.9 Å². The molecular weight excluding hydrogens is 288 g/mol. The number of aromatic nitrogens is 1. The summed E-state index contributed by atoms with van der Waals surface area (Å²) in [7, 11) is 0. The zero-order chi connectivity index (χ0) is 13.9. The van der Waals surface area contributed by atoms with Gasteiger partial charge in [0.15, 0.2) is 0 Å². The van der Waals surface area contributed by atoms with Crippen LogP contribution in [0.2, 0.25) is 5.02 Å². The number of halogens is 1. The van der Waals surface area contributed by atoms with Gasteiger partial charge in [0.05, 0.1) is 16.8 Å². The number of pyridine rings is 1. The second kappa shape index (κ2) is 5.92. The van der Waals surface area contributed by atoms with Crippen LogP contribution in [-0.4, -0.2) is 11.5 Å². The molecule has 1 unspecified atom stereocenters. The first-order valence-electron chi connectivity index (χ1n) is 6.61. The van der Waals surface area contributed by atoms with Crippen LogP contribution in [0.25, 0.3) is 10.1 Å². The fourth-order valence-electron chi connectivity index (χ4n) is 2.41. The van der Waals surface area contributed by atoms with E-state index in [0.717, 1.165) is 12.2 Å². The molecule has 3 rings (SSSR count). The van der Waals surface area contributed by atoms with E-state index in [1.165, 1.54) is 15.6 Å². The van der Waals surface area contributed by atoms with Crippen molar-refractivity contribution >= 4 is 33.0 Å². The molecule has 0 fully saturated rings. The van der Waals surface area contributed by atoms with Crippen LogP contribution >= 0.6 is 22.9 Å². The van der Waals surface area contributed by atoms with Gasteiger partial charge in [0.2, 0.25) is 0 Å². The van der Waals surface area contributed by atoms with Gasteiger partial charge in [0.1, 0.15) is 0 Å². The van der Waals surface area contributed by atoms with E-state index < -0.39 is 0 Å². The van der Waals surface area contributed by atoms with Gasteiger partial charge in [-0.2, -0.15) is 0 Å². The largest absolute Gasteiger partial charge is 0.305 e. The molecule has 0 saturated carbocycles. The number of benzene rings is 1. The van der Waals surface area contributed by atoms with Crippen LogP contribution in [0, 0.1) is 0 Å². The van der Waals surface area contributed by atoms with Gasteiger partial charge in [0, 0.05) is 10.9 Å². The van der Waals surface area contributed by atoms with Gasteiger partial charge in [0.25, 0.3) is 0 Å². The molecule has 2 aromatic heterocycles. The SMILES string of the molecule is CCNC(c1ncccc1Cl)c1cccc2ccsc12. The van der Waals surface area contributed by atoms with E-state index in [1.807, 2.05) is 12.1 Å². The first-order valence-corrected chi connectivity index (χ1v) is 7.87. The predicted molar refractivity (Wildman–Crippen MR) is 86.6 cm³/mol. The Kier molecular flexibility index (Phi) is 4.01. The van der Waals surface area contributed by atoms with Gasteiger partial charge in [-0.25, -0.2) is 0 Å². The van der Waals surface area contributed by atoms with E-state index >= 15 is 0 Å². The highest BCUT2D eigenvalue weighted by atomic mass is 35.5. The number of fused-ring (bicyclic) bond motifs is 1. The van der Waals surface area contributed by atoms with Crippen LogP contribution in [0.15, 0.2) is 48.0 Å². The number of nitrogens with one attached hydrogen (secondary N) is 1. The van der Waals surface area contributed by atoms with Crippen molar-refractivity contribution in [2.75, 3.05) is 6.54 Å². The maximum atomic E-state index is 6.33. The smallest absolute Gasteiger partial charge is 0.0804 e. The summed E-state index contributed by atoms with van der Waals surface area (Å²) in [6, 6.07) is 12.3. The third-order valence-corrected chi connectivity index (χ3v) is 4.59. The fraction of sp³-hybridized carbons (Fsp3) is 0.188. The number of hydrogen-bond acceptors (Lipinski definition) is 3. The van der Waals surface area contributed by atoms with E-state index in [0.29, 0.717) is 5.02 Å². The lowest BCUT2D eigenvalue weighted by Crippen LogP contribution is -2.23. The molecule has 0 aliphatic carbocycles. The highest BCUT2D eigenvalue weighted by Gasteiger charge is 2.19. The maximum absolute atomic E-state index is 6.33. The highest BCUT2D eigenvalue weighted by Crippen LogP contribution is 2.33. The second-order valence-electron chi connectivity index (χ2n) is 4.55. The number of hydrogen-bond donors (Lipinski definition) is 1. The van der Waals surface area contributed by atoms with Crippen LogP contribution in [-0.2, 0) is 0 Å². The number of rotatable bonds is 4. The molecule has 1 aromatic carbocycles. The molecule has 0 aliphatic heterocycles. The minimum atomic E-state index is 0.0241. The summed E-state index contributed by atoms with van der Waals surface area (Å²) in [5, 5.41) is 7.59. The van der Waals surface area contributed by atoms with Crippen molar-refractivity contribution in [1.82, 2.24) is 10.3 Å². The minimum absolute atomic E-state index is 0.0241. The van der Waals surface area contributed by atoms with Crippen molar-refractivity contribution in [2.24, 2.45) is 0 Å². The van der Waals surface area contributed by atoms with Crippen LogP contribution in [0.4, 0.5) is 0 Å². The molecule has 20 heavy (non-hydrogen) atoms. The normalized spacial score (nSPS) is 12.7. The summed E-state index contributed by atoms with van der Waals surface area (Å²) >= 11 is 8.09. The molecule has 0 amide bonds. The van der Waals surface area contributed by atoms with Gasteiger partial charge in [-0.1, -0.05) is 36.7 Å². The lowest BCUT2D eigenvalue weighted by atomic mass is 10.0. The average Bonchev–Trinajstić information content (AvgIpc) is 2.94. The van der Waals surface area contributed by atoms with E-state index in [2.05, 4.69) is 46.9 Å². The van der Waals surface area contributed by atoms with Gasteiger partial charge in [-0.05, 0) is 41.1 Å². The molecule has 2 heterocycles. The lowest BCUT2D eigenvalue weighted by Gasteiger charge is -2.19. The van der Waals surface area contributed by atoms with Gasteiger partial charge >= 0.3 is 0 Å². The highest BCUT2D eigenvalue weighted by molar-refractivity contribution is 7.17. The third kappa shape index (κ3) is 2.44. The standard InChI is InChI=1S/C16H15ClN2S/c1-2-18-14(15-13(17)7-4-9-19-15)12-6-3-5-11-8-10-20-16(11)12/h3-10,14,18H,2H2,1H3.